The molecule has 1 aromatic heterocycles. The zero-order valence-electron chi connectivity index (χ0n) is 9.25. The van der Waals surface area contributed by atoms with Crippen LogP contribution in [0.25, 0.3) is 0 Å². The summed E-state index contributed by atoms with van der Waals surface area (Å²) >= 11 is 9.41. The van der Waals surface area contributed by atoms with E-state index in [2.05, 4.69) is 23.9 Å². The Hall–Kier alpha value is 0.300. The number of thiophene rings is 1. The molecule has 0 spiro atoms. The minimum Gasteiger partial charge on any atom is -0.310 e. The van der Waals surface area contributed by atoms with Gasteiger partial charge in [-0.2, -0.15) is 11.8 Å². The molecule has 0 aliphatic heterocycles. The summed E-state index contributed by atoms with van der Waals surface area (Å²) in [6.45, 7) is 3.28. The van der Waals surface area contributed by atoms with Crippen molar-refractivity contribution >= 4 is 34.7 Å². The molecule has 0 aromatic carbocycles. The van der Waals surface area contributed by atoms with Crippen molar-refractivity contribution in [2.75, 3.05) is 18.6 Å². The van der Waals surface area contributed by atoms with Crippen LogP contribution in [-0.4, -0.2) is 18.6 Å². The number of thioether (sulfide) groups is 1. The zero-order valence-corrected chi connectivity index (χ0v) is 11.6. The second kappa shape index (κ2) is 7.55. The van der Waals surface area contributed by atoms with Crippen molar-refractivity contribution in [2.24, 2.45) is 0 Å². The molecule has 15 heavy (non-hydrogen) atoms. The van der Waals surface area contributed by atoms with E-state index in [1.807, 2.05) is 17.8 Å². The van der Waals surface area contributed by atoms with Crippen LogP contribution in [0.4, 0.5) is 0 Å². The van der Waals surface area contributed by atoms with Gasteiger partial charge in [-0.15, -0.1) is 11.3 Å². The first kappa shape index (κ1) is 13.4. The number of halogens is 1. The molecule has 0 bridgehead atoms. The Balaban J connectivity index is 2.16. The maximum absolute atomic E-state index is 5.90. The van der Waals surface area contributed by atoms with Gasteiger partial charge in [0, 0.05) is 6.04 Å². The molecule has 86 valence electrons. The van der Waals surface area contributed by atoms with Crippen molar-refractivity contribution in [3.63, 3.8) is 0 Å². The van der Waals surface area contributed by atoms with Crippen LogP contribution in [0, 0.1) is 0 Å². The standard InChI is InChI=1S/C11H18ClNS2/c1-9(10-7-11(12)15-8-10)13-5-3-4-6-14-2/h7-9,13H,3-6H2,1-2H3. The highest BCUT2D eigenvalue weighted by molar-refractivity contribution is 7.98. The average molecular weight is 264 g/mol. The smallest absolute Gasteiger partial charge is 0.0931 e. The summed E-state index contributed by atoms with van der Waals surface area (Å²) in [7, 11) is 0. The van der Waals surface area contributed by atoms with Gasteiger partial charge in [0.05, 0.1) is 4.34 Å². The van der Waals surface area contributed by atoms with E-state index in [-0.39, 0.29) is 0 Å². The Labute approximate surface area is 106 Å². The van der Waals surface area contributed by atoms with Crippen molar-refractivity contribution < 1.29 is 0 Å². The van der Waals surface area contributed by atoms with Gasteiger partial charge in [-0.1, -0.05) is 11.6 Å². The van der Waals surface area contributed by atoms with E-state index in [1.54, 1.807) is 11.3 Å². The lowest BCUT2D eigenvalue weighted by molar-refractivity contribution is 0.557. The van der Waals surface area contributed by atoms with Crippen molar-refractivity contribution in [1.82, 2.24) is 5.32 Å². The Kier molecular flexibility index (Phi) is 6.73. The normalized spacial score (nSPS) is 13.0. The summed E-state index contributed by atoms with van der Waals surface area (Å²) in [5.41, 5.74) is 1.30. The van der Waals surface area contributed by atoms with Gasteiger partial charge in [0.25, 0.3) is 0 Å². The minimum atomic E-state index is 0.419. The van der Waals surface area contributed by atoms with Gasteiger partial charge in [-0.3, -0.25) is 0 Å². The summed E-state index contributed by atoms with van der Waals surface area (Å²) in [4.78, 5) is 0. The molecule has 0 radical (unpaired) electrons. The van der Waals surface area contributed by atoms with Crippen LogP contribution in [0.1, 0.15) is 31.4 Å². The molecule has 1 nitrogen and oxygen atoms in total. The topological polar surface area (TPSA) is 12.0 Å². The fraction of sp³-hybridized carbons (Fsp3) is 0.636. The fourth-order valence-electron chi connectivity index (χ4n) is 1.36. The van der Waals surface area contributed by atoms with Gasteiger partial charge >= 0.3 is 0 Å². The summed E-state index contributed by atoms with van der Waals surface area (Å²) in [5, 5.41) is 5.64. The quantitative estimate of drug-likeness (QED) is 0.740. The highest BCUT2D eigenvalue weighted by atomic mass is 35.5. The molecule has 0 aliphatic carbocycles. The van der Waals surface area contributed by atoms with E-state index in [9.17, 15) is 0 Å². The third-order valence-electron chi connectivity index (χ3n) is 2.31. The van der Waals surface area contributed by atoms with Gasteiger partial charge in [-0.05, 0) is 55.3 Å². The second-order valence-electron chi connectivity index (χ2n) is 3.56. The van der Waals surface area contributed by atoms with E-state index in [0.29, 0.717) is 6.04 Å². The van der Waals surface area contributed by atoms with Crippen molar-refractivity contribution in [2.45, 2.75) is 25.8 Å². The van der Waals surface area contributed by atoms with Crippen LogP contribution in [0.3, 0.4) is 0 Å². The van der Waals surface area contributed by atoms with Gasteiger partial charge in [0.15, 0.2) is 0 Å². The molecule has 1 aromatic rings. The van der Waals surface area contributed by atoms with Crippen molar-refractivity contribution in [3.8, 4) is 0 Å². The van der Waals surface area contributed by atoms with E-state index in [0.717, 1.165) is 10.9 Å². The lowest BCUT2D eigenvalue weighted by Gasteiger charge is -2.11. The van der Waals surface area contributed by atoms with E-state index >= 15 is 0 Å². The second-order valence-corrected chi connectivity index (χ2v) is 6.09. The predicted molar refractivity (Wildman–Crippen MR) is 73.4 cm³/mol. The molecule has 0 amide bonds. The predicted octanol–water partition coefficient (Wildman–Crippen LogP) is 4.20. The molecule has 1 atom stereocenters. The molecule has 1 heterocycles. The largest absolute Gasteiger partial charge is 0.310 e. The Bertz CT molecular complexity index is 275. The first-order valence-corrected chi connectivity index (χ1v) is 7.85. The van der Waals surface area contributed by atoms with E-state index < -0.39 is 0 Å². The molecular weight excluding hydrogens is 246 g/mol. The van der Waals surface area contributed by atoms with Gasteiger partial charge < -0.3 is 5.32 Å². The van der Waals surface area contributed by atoms with Gasteiger partial charge in [-0.25, -0.2) is 0 Å². The Morgan fingerprint density at radius 2 is 2.33 bits per heavy atom. The number of nitrogens with one attached hydrogen (secondary N) is 1. The first-order chi connectivity index (χ1) is 7.24. The number of hydrogen-bond acceptors (Lipinski definition) is 3. The number of rotatable bonds is 7. The summed E-state index contributed by atoms with van der Waals surface area (Å²) in [5.74, 6) is 1.26. The maximum atomic E-state index is 5.90. The lowest BCUT2D eigenvalue weighted by atomic mass is 10.2. The average Bonchev–Trinajstić information content (AvgIpc) is 2.64. The van der Waals surface area contributed by atoms with Gasteiger partial charge in [0.2, 0.25) is 0 Å². The summed E-state index contributed by atoms with van der Waals surface area (Å²) < 4.78 is 0.876. The van der Waals surface area contributed by atoms with Gasteiger partial charge in [0.1, 0.15) is 0 Å². The Morgan fingerprint density at radius 1 is 1.53 bits per heavy atom. The van der Waals surface area contributed by atoms with Crippen LogP contribution in [0.2, 0.25) is 4.34 Å². The molecule has 4 heteroatoms. The van der Waals surface area contributed by atoms with Crippen LogP contribution in [0.5, 0.6) is 0 Å². The molecule has 0 saturated carbocycles. The SMILES string of the molecule is CSCCCCNC(C)c1csc(Cl)c1. The molecule has 0 saturated heterocycles. The summed E-state index contributed by atoms with van der Waals surface area (Å²) in [6.07, 6.45) is 4.71. The van der Waals surface area contributed by atoms with E-state index in [1.165, 1.54) is 24.2 Å². The highest BCUT2D eigenvalue weighted by Crippen LogP contribution is 2.24. The lowest BCUT2D eigenvalue weighted by Crippen LogP contribution is -2.19. The molecule has 0 aliphatic rings. The highest BCUT2D eigenvalue weighted by Gasteiger charge is 2.05. The van der Waals surface area contributed by atoms with Crippen LogP contribution < -0.4 is 5.32 Å². The monoisotopic (exact) mass is 263 g/mol. The third-order valence-corrected chi connectivity index (χ3v) is 4.12. The van der Waals surface area contributed by atoms with Crippen molar-refractivity contribution in [1.29, 1.82) is 0 Å². The number of hydrogen-bond donors (Lipinski definition) is 1. The summed E-state index contributed by atoms with van der Waals surface area (Å²) in [6, 6.07) is 2.47. The zero-order chi connectivity index (χ0) is 11.1. The minimum absolute atomic E-state index is 0.419. The molecule has 1 unspecified atom stereocenters. The maximum Gasteiger partial charge on any atom is 0.0931 e. The Morgan fingerprint density at radius 3 is 2.93 bits per heavy atom. The first-order valence-electron chi connectivity index (χ1n) is 5.20. The molecule has 0 fully saturated rings. The molecular formula is C11H18ClNS2. The number of unbranched alkanes of at least 4 members (excludes halogenated alkanes) is 1. The molecule has 1 N–H and O–H groups in total. The van der Waals surface area contributed by atoms with E-state index in [4.69, 9.17) is 11.6 Å². The van der Waals surface area contributed by atoms with Crippen LogP contribution in [0.15, 0.2) is 11.4 Å². The molecule has 1 rings (SSSR count). The third kappa shape index (κ3) is 5.25. The van der Waals surface area contributed by atoms with Crippen molar-refractivity contribution in [3.05, 3.63) is 21.3 Å². The van der Waals surface area contributed by atoms with Crippen LogP contribution in [-0.2, 0) is 0 Å². The fourth-order valence-corrected chi connectivity index (χ4v) is 2.84. The van der Waals surface area contributed by atoms with Crippen LogP contribution >= 0.6 is 34.7 Å².